The third-order valence-corrected chi connectivity index (χ3v) is 2.48. The van der Waals surface area contributed by atoms with E-state index in [1.54, 1.807) is 12.1 Å². The van der Waals surface area contributed by atoms with Gasteiger partial charge in [-0.2, -0.15) is 0 Å². The molecule has 0 aromatic carbocycles. The predicted octanol–water partition coefficient (Wildman–Crippen LogP) is 0.802. The normalized spacial score (nSPS) is 10.4. The Hall–Kier alpha value is -3.16. The molecular weight excluding hydrogens is 260 g/mol. The SMILES string of the molecule is Oc1cccnc1-c1nnc(-c2ncccc2O)nn1. The molecule has 0 atom stereocenters. The van der Waals surface area contributed by atoms with Gasteiger partial charge in [-0.05, 0) is 24.3 Å². The van der Waals surface area contributed by atoms with E-state index in [1.165, 1.54) is 24.5 Å². The van der Waals surface area contributed by atoms with Crippen LogP contribution in [-0.4, -0.2) is 40.6 Å². The van der Waals surface area contributed by atoms with Crippen molar-refractivity contribution in [3.05, 3.63) is 36.7 Å². The fourth-order valence-electron chi connectivity index (χ4n) is 1.56. The van der Waals surface area contributed by atoms with Gasteiger partial charge in [-0.1, -0.05) is 0 Å². The zero-order valence-corrected chi connectivity index (χ0v) is 10.0. The lowest BCUT2D eigenvalue weighted by molar-refractivity contribution is 0.472. The first-order valence-electron chi connectivity index (χ1n) is 5.62. The number of aromatic nitrogens is 6. The van der Waals surface area contributed by atoms with Gasteiger partial charge in [0.1, 0.15) is 11.5 Å². The Labute approximate surface area is 112 Å². The summed E-state index contributed by atoms with van der Waals surface area (Å²) >= 11 is 0. The van der Waals surface area contributed by atoms with E-state index < -0.39 is 0 Å². The van der Waals surface area contributed by atoms with Crippen LogP contribution in [0.25, 0.3) is 23.0 Å². The van der Waals surface area contributed by atoms with E-state index in [2.05, 4.69) is 30.4 Å². The van der Waals surface area contributed by atoms with E-state index in [0.29, 0.717) is 0 Å². The van der Waals surface area contributed by atoms with Gasteiger partial charge in [0.25, 0.3) is 0 Å². The molecule has 0 aliphatic rings. The Kier molecular flexibility index (Phi) is 2.88. The average molecular weight is 268 g/mol. The monoisotopic (exact) mass is 268 g/mol. The summed E-state index contributed by atoms with van der Waals surface area (Å²) in [5.41, 5.74) is 0.369. The summed E-state index contributed by atoms with van der Waals surface area (Å²) in [5.74, 6) is 0.0404. The van der Waals surface area contributed by atoms with Crippen LogP contribution in [0.15, 0.2) is 36.7 Å². The van der Waals surface area contributed by atoms with Gasteiger partial charge in [0.15, 0.2) is 11.4 Å². The predicted molar refractivity (Wildman–Crippen MR) is 67.4 cm³/mol. The number of nitrogens with zero attached hydrogens (tertiary/aromatic N) is 6. The van der Waals surface area contributed by atoms with Crippen LogP contribution in [0.1, 0.15) is 0 Å². The summed E-state index contributed by atoms with van der Waals surface area (Å²) in [5, 5.41) is 34.6. The minimum Gasteiger partial charge on any atom is -0.506 e. The molecule has 0 amide bonds. The second kappa shape index (κ2) is 4.84. The zero-order valence-electron chi connectivity index (χ0n) is 10.0. The van der Waals surface area contributed by atoms with Crippen molar-refractivity contribution >= 4 is 0 Å². The van der Waals surface area contributed by atoms with E-state index in [4.69, 9.17) is 0 Å². The van der Waals surface area contributed by atoms with Crippen molar-refractivity contribution in [3.63, 3.8) is 0 Å². The third-order valence-electron chi connectivity index (χ3n) is 2.48. The Morgan fingerprint density at radius 3 is 1.40 bits per heavy atom. The topological polar surface area (TPSA) is 118 Å². The molecule has 0 spiro atoms. The molecule has 2 N–H and O–H groups in total. The first-order valence-corrected chi connectivity index (χ1v) is 5.62. The average Bonchev–Trinajstić information content (AvgIpc) is 2.49. The molecule has 3 heterocycles. The summed E-state index contributed by atoms with van der Waals surface area (Å²) in [4.78, 5) is 7.90. The molecule has 0 saturated heterocycles. The van der Waals surface area contributed by atoms with Gasteiger partial charge < -0.3 is 10.2 Å². The Morgan fingerprint density at radius 2 is 1.05 bits per heavy atom. The number of hydrogen-bond donors (Lipinski definition) is 2. The summed E-state index contributed by atoms with van der Waals surface area (Å²) in [6.07, 6.45) is 2.99. The fourth-order valence-corrected chi connectivity index (χ4v) is 1.56. The molecule has 8 nitrogen and oxygen atoms in total. The first-order chi connectivity index (χ1) is 9.75. The van der Waals surface area contributed by atoms with Crippen LogP contribution in [0.5, 0.6) is 11.5 Å². The smallest absolute Gasteiger partial charge is 0.225 e. The third kappa shape index (κ3) is 2.09. The van der Waals surface area contributed by atoms with Crippen molar-refractivity contribution in [3.8, 4) is 34.5 Å². The van der Waals surface area contributed by atoms with Crippen molar-refractivity contribution in [2.24, 2.45) is 0 Å². The molecule has 0 aliphatic heterocycles. The van der Waals surface area contributed by atoms with E-state index in [9.17, 15) is 10.2 Å². The summed E-state index contributed by atoms with van der Waals surface area (Å²) in [7, 11) is 0. The van der Waals surface area contributed by atoms with Crippen molar-refractivity contribution in [1.82, 2.24) is 30.4 Å². The highest BCUT2D eigenvalue weighted by Crippen LogP contribution is 2.24. The molecule has 0 saturated carbocycles. The summed E-state index contributed by atoms with van der Waals surface area (Å²) in [6.45, 7) is 0. The van der Waals surface area contributed by atoms with Crippen molar-refractivity contribution < 1.29 is 10.2 Å². The second-order valence-electron chi connectivity index (χ2n) is 3.79. The van der Waals surface area contributed by atoms with Gasteiger partial charge in [0.05, 0.1) is 0 Å². The van der Waals surface area contributed by atoms with Crippen LogP contribution in [-0.2, 0) is 0 Å². The minimum atomic E-state index is -0.0652. The molecular formula is C12H8N6O2. The van der Waals surface area contributed by atoms with Gasteiger partial charge >= 0.3 is 0 Å². The van der Waals surface area contributed by atoms with Gasteiger partial charge in [0.2, 0.25) is 11.6 Å². The Bertz CT molecular complexity index is 682. The standard InChI is InChI=1S/C12H8N6O2/c19-7-3-1-5-13-9(7)11-15-17-12(18-16-11)10-8(20)4-2-6-14-10/h1-6,19-20H. The van der Waals surface area contributed by atoms with Crippen LogP contribution in [0.3, 0.4) is 0 Å². The van der Waals surface area contributed by atoms with Gasteiger partial charge in [-0.15, -0.1) is 20.4 Å². The maximum Gasteiger partial charge on any atom is 0.225 e. The molecule has 0 bridgehead atoms. The molecule has 0 unspecified atom stereocenters. The molecule has 20 heavy (non-hydrogen) atoms. The Morgan fingerprint density at radius 1 is 0.650 bits per heavy atom. The molecule has 98 valence electrons. The van der Waals surface area contributed by atoms with Crippen molar-refractivity contribution in [1.29, 1.82) is 0 Å². The molecule has 0 fully saturated rings. The lowest BCUT2D eigenvalue weighted by Gasteiger charge is -2.02. The molecule has 3 aromatic rings. The highest BCUT2D eigenvalue weighted by Gasteiger charge is 2.13. The van der Waals surface area contributed by atoms with E-state index in [0.717, 1.165) is 0 Å². The zero-order chi connectivity index (χ0) is 13.9. The van der Waals surface area contributed by atoms with Gasteiger partial charge in [-0.3, -0.25) is 0 Å². The van der Waals surface area contributed by atoms with Crippen LogP contribution < -0.4 is 0 Å². The largest absolute Gasteiger partial charge is 0.506 e. The second-order valence-corrected chi connectivity index (χ2v) is 3.79. The maximum atomic E-state index is 9.64. The van der Waals surface area contributed by atoms with Crippen LogP contribution >= 0.6 is 0 Å². The summed E-state index contributed by atoms with van der Waals surface area (Å²) in [6, 6.07) is 6.09. The van der Waals surface area contributed by atoms with Crippen molar-refractivity contribution in [2.45, 2.75) is 0 Å². The van der Waals surface area contributed by atoms with Crippen LogP contribution in [0, 0.1) is 0 Å². The highest BCUT2D eigenvalue weighted by atomic mass is 16.3. The highest BCUT2D eigenvalue weighted by molar-refractivity contribution is 5.59. The molecule has 3 rings (SSSR count). The van der Waals surface area contributed by atoms with Crippen molar-refractivity contribution in [2.75, 3.05) is 0 Å². The maximum absolute atomic E-state index is 9.64. The molecule has 0 aliphatic carbocycles. The Balaban J connectivity index is 2.01. The molecule has 3 aromatic heterocycles. The first kappa shape index (κ1) is 11.9. The molecule has 0 radical (unpaired) electrons. The van der Waals surface area contributed by atoms with Gasteiger partial charge in [0, 0.05) is 12.4 Å². The number of rotatable bonds is 2. The molecule has 8 heteroatoms. The van der Waals surface area contributed by atoms with Crippen LogP contribution in [0.2, 0.25) is 0 Å². The van der Waals surface area contributed by atoms with E-state index in [1.807, 2.05) is 0 Å². The lowest BCUT2D eigenvalue weighted by atomic mass is 10.3. The lowest BCUT2D eigenvalue weighted by Crippen LogP contribution is -2.01. The minimum absolute atomic E-state index is 0.0652. The van der Waals surface area contributed by atoms with E-state index >= 15 is 0 Å². The van der Waals surface area contributed by atoms with Gasteiger partial charge in [-0.25, -0.2) is 9.97 Å². The number of hydrogen-bond acceptors (Lipinski definition) is 8. The van der Waals surface area contributed by atoms with Crippen LogP contribution in [0.4, 0.5) is 0 Å². The number of aromatic hydroxyl groups is 2. The van der Waals surface area contributed by atoms with E-state index in [-0.39, 0.29) is 34.5 Å². The quantitative estimate of drug-likeness (QED) is 0.700. The number of pyridine rings is 2. The fraction of sp³-hybridized carbons (Fsp3) is 0. The summed E-state index contributed by atoms with van der Waals surface area (Å²) < 4.78 is 0.